The number of unbranched alkanes of at least 4 members (excludes halogenated alkanes) is 1. The molecule has 2 rings (SSSR count). The summed E-state index contributed by atoms with van der Waals surface area (Å²) in [5.41, 5.74) is 0.301. The Morgan fingerprint density at radius 2 is 1.83 bits per heavy atom. The maximum atomic E-state index is 12.3. The van der Waals surface area contributed by atoms with Crippen molar-refractivity contribution < 1.29 is 0 Å². The second kappa shape index (κ2) is 8.10. The van der Waals surface area contributed by atoms with Crippen LogP contribution in [0.3, 0.4) is 0 Å². The molecule has 2 aromatic heterocycles. The molecule has 7 nitrogen and oxygen atoms in total. The highest BCUT2D eigenvalue weighted by Crippen LogP contribution is 2.13. The highest BCUT2D eigenvalue weighted by atomic mass is 16.2. The molecule has 0 saturated carbocycles. The fourth-order valence-electron chi connectivity index (χ4n) is 2.72. The summed E-state index contributed by atoms with van der Waals surface area (Å²) in [7, 11) is 0. The first kappa shape index (κ1) is 17.5. The zero-order valence-electron chi connectivity index (χ0n) is 14.3. The molecule has 0 bridgehead atoms. The number of rotatable bonds is 9. The molecule has 7 heteroatoms. The van der Waals surface area contributed by atoms with E-state index >= 15 is 0 Å². The fourth-order valence-corrected chi connectivity index (χ4v) is 2.72. The topological polar surface area (TPSA) is 84.7 Å². The second-order valence-corrected chi connectivity index (χ2v) is 5.79. The van der Waals surface area contributed by atoms with Crippen molar-refractivity contribution in [2.24, 2.45) is 0 Å². The first-order chi connectivity index (χ1) is 11.1. The van der Waals surface area contributed by atoms with Gasteiger partial charge in [0, 0.05) is 13.1 Å². The van der Waals surface area contributed by atoms with Crippen molar-refractivity contribution in [2.45, 2.75) is 66.1 Å². The van der Waals surface area contributed by atoms with Crippen molar-refractivity contribution in [3.05, 3.63) is 26.7 Å². The molecule has 2 N–H and O–H groups in total. The largest absolute Gasteiger partial charge is 0.330 e. The van der Waals surface area contributed by atoms with Gasteiger partial charge < -0.3 is 9.88 Å². The van der Waals surface area contributed by atoms with Gasteiger partial charge in [0.25, 0.3) is 5.56 Å². The second-order valence-electron chi connectivity index (χ2n) is 5.79. The van der Waals surface area contributed by atoms with E-state index in [4.69, 9.17) is 0 Å². The molecule has 0 atom stereocenters. The lowest BCUT2D eigenvalue weighted by Crippen LogP contribution is -2.31. The van der Waals surface area contributed by atoms with Crippen LogP contribution in [0.4, 0.5) is 0 Å². The Morgan fingerprint density at radius 1 is 1.04 bits per heavy atom. The van der Waals surface area contributed by atoms with Crippen LogP contribution in [0.1, 0.15) is 52.3 Å². The minimum Gasteiger partial charge on any atom is -0.321 e. The van der Waals surface area contributed by atoms with Gasteiger partial charge in [0.05, 0.1) is 6.54 Å². The molecule has 0 unspecified atom stereocenters. The maximum Gasteiger partial charge on any atom is 0.330 e. The van der Waals surface area contributed by atoms with Gasteiger partial charge in [0.1, 0.15) is 5.82 Å². The van der Waals surface area contributed by atoms with E-state index in [9.17, 15) is 9.59 Å². The van der Waals surface area contributed by atoms with Crippen molar-refractivity contribution in [3.63, 3.8) is 0 Å². The highest BCUT2D eigenvalue weighted by Gasteiger charge is 2.17. The van der Waals surface area contributed by atoms with Crippen LogP contribution in [0.25, 0.3) is 11.2 Å². The standard InChI is InChI=1S/C16H27N5O2/c1-4-7-10-21-14-13(15(22)19-16(21)23)20(9-6-3)12(18-14)11-17-8-5-2/h17H,4-11H2,1-3H3,(H,19,22,23). The van der Waals surface area contributed by atoms with Crippen LogP contribution in [0.2, 0.25) is 0 Å². The summed E-state index contributed by atoms with van der Waals surface area (Å²) in [6.45, 7) is 9.04. The molecular formula is C16H27N5O2. The number of nitrogens with zero attached hydrogens (tertiary/aromatic N) is 3. The van der Waals surface area contributed by atoms with E-state index in [2.05, 4.69) is 36.1 Å². The molecule has 0 aromatic carbocycles. The average molecular weight is 321 g/mol. The molecule has 0 fully saturated rings. The highest BCUT2D eigenvalue weighted by molar-refractivity contribution is 5.71. The van der Waals surface area contributed by atoms with Crippen LogP contribution in [0, 0.1) is 0 Å². The van der Waals surface area contributed by atoms with E-state index in [1.165, 1.54) is 0 Å². The molecule has 0 amide bonds. The van der Waals surface area contributed by atoms with E-state index in [-0.39, 0.29) is 11.2 Å². The number of aromatic nitrogens is 4. The number of hydrogen-bond acceptors (Lipinski definition) is 4. The summed E-state index contributed by atoms with van der Waals surface area (Å²) in [6, 6.07) is 0. The number of hydrogen-bond donors (Lipinski definition) is 2. The Morgan fingerprint density at radius 3 is 2.48 bits per heavy atom. The zero-order chi connectivity index (χ0) is 16.8. The molecule has 2 heterocycles. The number of imidazole rings is 1. The van der Waals surface area contributed by atoms with Gasteiger partial charge >= 0.3 is 5.69 Å². The molecule has 128 valence electrons. The van der Waals surface area contributed by atoms with Gasteiger partial charge in [0.15, 0.2) is 11.2 Å². The summed E-state index contributed by atoms with van der Waals surface area (Å²) in [5, 5.41) is 3.32. The quantitative estimate of drug-likeness (QED) is 0.687. The number of H-pyrrole nitrogens is 1. The summed E-state index contributed by atoms with van der Waals surface area (Å²) in [6.07, 6.45) is 3.80. The molecule has 23 heavy (non-hydrogen) atoms. The Balaban J connectivity index is 2.58. The Labute approximate surface area is 135 Å². The van der Waals surface area contributed by atoms with Crippen molar-refractivity contribution in [1.29, 1.82) is 0 Å². The van der Waals surface area contributed by atoms with Gasteiger partial charge in [-0.05, 0) is 25.8 Å². The lowest BCUT2D eigenvalue weighted by atomic mass is 10.3. The molecule has 0 spiro atoms. The van der Waals surface area contributed by atoms with Crippen LogP contribution in [-0.2, 0) is 19.6 Å². The van der Waals surface area contributed by atoms with E-state index in [1.54, 1.807) is 4.57 Å². The summed E-state index contributed by atoms with van der Waals surface area (Å²) in [5.74, 6) is 0.816. The van der Waals surface area contributed by atoms with Crippen LogP contribution in [0.5, 0.6) is 0 Å². The minimum atomic E-state index is -0.370. The Kier molecular flexibility index (Phi) is 6.15. The first-order valence-electron chi connectivity index (χ1n) is 8.56. The maximum absolute atomic E-state index is 12.3. The van der Waals surface area contributed by atoms with Gasteiger partial charge in [0.2, 0.25) is 0 Å². The summed E-state index contributed by atoms with van der Waals surface area (Å²) in [4.78, 5) is 31.5. The van der Waals surface area contributed by atoms with Crippen LogP contribution in [0.15, 0.2) is 9.59 Å². The van der Waals surface area contributed by atoms with Crippen LogP contribution >= 0.6 is 0 Å². The molecular weight excluding hydrogens is 294 g/mol. The van der Waals surface area contributed by atoms with Gasteiger partial charge in [-0.25, -0.2) is 9.78 Å². The smallest absolute Gasteiger partial charge is 0.321 e. The number of fused-ring (bicyclic) bond motifs is 1. The van der Waals surface area contributed by atoms with Gasteiger partial charge in [-0.2, -0.15) is 0 Å². The number of aryl methyl sites for hydroxylation is 2. The molecule has 0 aliphatic rings. The molecule has 0 aliphatic heterocycles. The fraction of sp³-hybridized carbons (Fsp3) is 0.688. The normalized spacial score (nSPS) is 11.4. The van der Waals surface area contributed by atoms with E-state index in [0.29, 0.717) is 30.8 Å². The first-order valence-corrected chi connectivity index (χ1v) is 8.56. The van der Waals surface area contributed by atoms with E-state index in [1.807, 2.05) is 4.57 Å². The lowest BCUT2D eigenvalue weighted by Gasteiger charge is -2.08. The molecule has 0 aliphatic carbocycles. The average Bonchev–Trinajstić information content (AvgIpc) is 2.87. The van der Waals surface area contributed by atoms with Crippen molar-refractivity contribution in [2.75, 3.05) is 6.54 Å². The van der Waals surface area contributed by atoms with Crippen molar-refractivity contribution in [1.82, 2.24) is 24.4 Å². The molecule has 0 saturated heterocycles. The third kappa shape index (κ3) is 3.72. The Hall–Kier alpha value is -1.89. The summed E-state index contributed by atoms with van der Waals surface area (Å²) >= 11 is 0. The van der Waals surface area contributed by atoms with Gasteiger partial charge in [-0.3, -0.25) is 14.3 Å². The molecule has 0 radical (unpaired) electrons. The molecule has 2 aromatic rings. The lowest BCUT2D eigenvalue weighted by molar-refractivity contribution is 0.594. The van der Waals surface area contributed by atoms with E-state index < -0.39 is 0 Å². The zero-order valence-corrected chi connectivity index (χ0v) is 14.3. The predicted octanol–water partition coefficient (Wildman–Crippen LogP) is 1.60. The monoisotopic (exact) mass is 321 g/mol. The van der Waals surface area contributed by atoms with Crippen molar-refractivity contribution in [3.8, 4) is 0 Å². The third-order valence-corrected chi connectivity index (χ3v) is 3.86. The van der Waals surface area contributed by atoms with Crippen LogP contribution in [-0.4, -0.2) is 25.6 Å². The number of aromatic amines is 1. The SMILES string of the molecule is CCCCn1c(=O)[nH]c(=O)c2c1nc(CNCCC)n2CCC. The van der Waals surface area contributed by atoms with Gasteiger partial charge in [-0.1, -0.05) is 27.2 Å². The minimum absolute atomic E-state index is 0.347. The van der Waals surface area contributed by atoms with Crippen molar-refractivity contribution >= 4 is 11.2 Å². The van der Waals surface area contributed by atoms with E-state index in [0.717, 1.165) is 38.1 Å². The van der Waals surface area contributed by atoms with Crippen LogP contribution < -0.4 is 16.6 Å². The third-order valence-electron chi connectivity index (χ3n) is 3.86. The van der Waals surface area contributed by atoms with Gasteiger partial charge in [-0.15, -0.1) is 0 Å². The Bertz CT molecular complexity index is 756. The summed E-state index contributed by atoms with van der Waals surface area (Å²) < 4.78 is 3.54. The predicted molar refractivity (Wildman–Crippen MR) is 91.8 cm³/mol. The number of nitrogens with one attached hydrogen (secondary N) is 2.